The van der Waals surface area contributed by atoms with Gasteiger partial charge in [-0.1, -0.05) is 37.3 Å². The normalized spacial score (nSPS) is 11.1. The Balaban J connectivity index is 2.98. The molecule has 1 rings (SSSR count). The van der Waals surface area contributed by atoms with Crippen LogP contribution in [0.3, 0.4) is 0 Å². The van der Waals surface area contributed by atoms with E-state index >= 15 is 0 Å². The quantitative estimate of drug-likeness (QED) is 0.820. The first kappa shape index (κ1) is 16.8. The molecule has 0 spiro atoms. The molecule has 0 bridgehead atoms. The molecule has 0 aromatic heterocycles. The van der Waals surface area contributed by atoms with Gasteiger partial charge in [-0.05, 0) is 30.5 Å². The van der Waals surface area contributed by atoms with Crippen LogP contribution >= 0.6 is 11.6 Å². The maximum atomic E-state index is 12.0. The molecule has 0 saturated carbocycles. The number of sulfonamides is 1. The van der Waals surface area contributed by atoms with Crippen LogP contribution in [0.5, 0.6) is 0 Å². The van der Waals surface area contributed by atoms with E-state index in [2.05, 4.69) is 16.6 Å². The lowest BCUT2D eigenvalue weighted by Crippen LogP contribution is -2.18. The largest absolute Gasteiger partial charge is 0.384 e. The third-order valence-electron chi connectivity index (χ3n) is 2.51. The molecule has 110 valence electrons. The highest BCUT2D eigenvalue weighted by molar-refractivity contribution is 7.92. The summed E-state index contributed by atoms with van der Waals surface area (Å²) in [4.78, 5) is 0. The molecule has 0 radical (unpaired) electrons. The van der Waals surface area contributed by atoms with Crippen molar-refractivity contribution < 1.29 is 13.5 Å². The minimum Gasteiger partial charge on any atom is -0.384 e. The van der Waals surface area contributed by atoms with Crippen LogP contribution in [-0.2, 0) is 10.0 Å². The van der Waals surface area contributed by atoms with Crippen molar-refractivity contribution in [1.82, 2.24) is 0 Å². The number of benzene rings is 1. The van der Waals surface area contributed by atoms with E-state index in [0.29, 0.717) is 28.6 Å². The van der Waals surface area contributed by atoms with Gasteiger partial charge in [-0.25, -0.2) is 8.42 Å². The molecular formula is C14H18ClNO3S. The molecule has 2 N–H and O–H groups in total. The lowest BCUT2D eigenvalue weighted by Gasteiger charge is -2.11. The third kappa shape index (κ3) is 5.83. The van der Waals surface area contributed by atoms with Crippen molar-refractivity contribution in [3.63, 3.8) is 0 Å². The van der Waals surface area contributed by atoms with Gasteiger partial charge in [-0.15, -0.1) is 0 Å². The Morgan fingerprint density at radius 3 is 2.70 bits per heavy atom. The van der Waals surface area contributed by atoms with E-state index in [-0.39, 0.29) is 12.4 Å². The molecule has 0 saturated heterocycles. The van der Waals surface area contributed by atoms with Crippen LogP contribution in [-0.4, -0.2) is 25.9 Å². The first-order valence-electron chi connectivity index (χ1n) is 6.24. The van der Waals surface area contributed by atoms with E-state index in [1.165, 1.54) is 6.07 Å². The third-order valence-corrected chi connectivity index (χ3v) is 4.05. The summed E-state index contributed by atoms with van der Waals surface area (Å²) in [7, 11) is -3.43. The number of hydrogen-bond acceptors (Lipinski definition) is 3. The second-order valence-electron chi connectivity index (χ2n) is 4.75. The van der Waals surface area contributed by atoms with Gasteiger partial charge in [-0.3, -0.25) is 4.72 Å². The monoisotopic (exact) mass is 315 g/mol. The minimum absolute atomic E-state index is 0.0457. The summed E-state index contributed by atoms with van der Waals surface area (Å²) in [6, 6.07) is 4.75. The molecule has 0 unspecified atom stereocenters. The summed E-state index contributed by atoms with van der Waals surface area (Å²) in [5.74, 6) is 5.53. The van der Waals surface area contributed by atoms with Gasteiger partial charge < -0.3 is 5.11 Å². The number of rotatable bonds is 5. The highest BCUT2D eigenvalue weighted by Gasteiger charge is 2.13. The second kappa shape index (κ2) is 7.53. The molecular weight excluding hydrogens is 298 g/mol. The van der Waals surface area contributed by atoms with Gasteiger partial charge in [0.1, 0.15) is 6.61 Å². The first-order chi connectivity index (χ1) is 9.34. The van der Waals surface area contributed by atoms with Crippen LogP contribution in [0, 0.1) is 17.8 Å². The van der Waals surface area contributed by atoms with Crippen molar-refractivity contribution in [1.29, 1.82) is 0 Å². The van der Waals surface area contributed by atoms with Crippen molar-refractivity contribution >= 4 is 27.3 Å². The molecule has 20 heavy (non-hydrogen) atoms. The molecule has 1 aromatic rings. The number of hydrogen-bond donors (Lipinski definition) is 2. The summed E-state index contributed by atoms with van der Waals surface area (Å²) in [5.41, 5.74) is 0.818. The zero-order valence-electron chi connectivity index (χ0n) is 11.5. The number of nitrogens with one attached hydrogen (secondary N) is 1. The van der Waals surface area contributed by atoms with Gasteiger partial charge in [0, 0.05) is 10.6 Å². The van der Waals surface area contributed by atoms with Gasteiger partial charge in [-0.2, -0.15) is 0 Å². The number of aliphatic hydroxyl groups is 1. The minimum atomic E-state index is -3.43. The van der Waals surface area contributed by atoms with Crippen molar-refractivity contribution in [2.45, 2.75) is 20.3 Å². The highest BCUT2D eigenvalue weighted by atomic mass is 35.5. The van der Waals surface area contributed by atoms with E-state index in [4.69, 9.17) is 16.7 Å². The molecule has 6 heteroatoms. The summed E-state index contributed by atoms with van der Waals surface area (Å²) in [6.45, 7) is 3.64. The molecule has 0 amide bonds. The lowest BCUT2D eigenvalue weighted by molar-refractivity contribution is 0.350. The van der Waals surface area contributed by atoms with E-state index in [1.54, 1.807) is 12.1 Å². The highest BCUT2D eigenvalue weighted by Crippen LogP contribution is 2.22. The Morgan fingerprint density at radius 2 is 2.10 bits per heavy atom. The van der Waals surface area contributed by atoms with Gasteiger partial charge in [0.15, 0.2) is 0 Å². The van der Waals surface area contributed by atoms with Crippen molar-refractivity contribution in [3.05, 3.63) is 28.8 Å². The Labute approximate surface area is 125 Å². The number of aliphatic hydroxyl groups excluding tert-OH is 1. The van der Waals surface area contributed by atoms with E-state index in [9.17, 15) is 8.42 Å². The van der Waals surface area contributed by atoms with Gasteiger partial charge in [0.05, 0.1) is 11.4 Å². The van der Waals surface area contributed by atoms with Crippen LogP contribution in [0.1, 0.15) is 25.8 Å². The molecule has 4 nitrogen and oxygen atoms in total. The summed E-state index contributed by atoms with van der Waals surface area (Å²) in [6.07, 6.45) is 0.577. The standard InChI is InChI=1S/C14H18ClNO3S/c1-11(2)7-9-20(18,19)16-14-10-13(15)6-5-12(14)4-3-8-17/h5-6,10-11,16-17H,7-9H2,1-2H3. The zero-order valence-corrected chi connectivity index (χ0v) is 13.1. The average Bonchev–Trinajstić information content (AvgIpc) is 2.35. The summed E-state index contributed by atoms with van der Waals surface area (Å²) < 4.78 is 26.5. The fourth-order valence-electron chi connectivity index (χ4n) is 1.45. The Morgan fingerprint density at radius 1 is 1.40 bits per heavy atom. The van der Waals surface area contributed by atoms with E-state index in [1.807, 2.05) is 13.8 Å². The SMILES string of the molecule is CC(C)CCS(=O)(=O)Nc1cc(Cl)ccc1C#CCO. The number of halogens is 1. The summed E-state index contributed by atoms with van der Waals surface area (Å²) in [5, 5.41) is 9.13. The molecule has 0 aliphatic heterocycles. The Bertz CT molecular complexity index is 615. The molecule has 1 aromatic carbocycles. The topological polar surface area (TPSA) is 66.4 Å². The Kier molecular flexibility index (Phi) is 6.34. The second-order valence-corrected chi connectivity index (χ2v) is 7.03. The predicted molar refractivity (Wildman–Crippen MR) is 82.3 cm³/mol. The maximum absolute atomic E-state index is 12.0. The fraction of sp³-hybridized carbons (Fsp3) is 0.429. The van der Waals surface area contributed by atoms with E-state index < -0.39 is 10.0 Å². The smallest absolute Gasteiger partial charge is 0.232 e. The maximum Gasteiger partial charge on any atom is 0.232 e. The molecule has 0 heterocycles. The van der Waals surface area contributed by atoms with Crippen LogP contribution in [0.4, 0.5) is 5.69 Å². The lowest BCUT2D eigenvalue weighted by atomic mass is 10.2. The van der Waals surface area contributed by atoms with Gasteiger partial charge in [0.2, 0.25) is 10.0 Å². The summed E-state index contributed by atoms with van der Waals surface area (Å²) >= 11 is 5.87. The first-order valence-corrected chi connectivity index (χ1v) is 8.27. The number of anilines is 1. The van der Waals surface area contributed by atoms with E-state index in [0.717, 1.165) is 0 Å². The van der Waals surface area contributed by atoms with Crippen molar-refractivity contribution in [2.24, 2.45) is 5.92 Å². The van der Waals surface area contributed by atoms with Crippen LogP contribution in [0.2, 0.25) is 5.02 Å². The van der Waals surface area contributed by atoms with Gasteiger partial charge >= 0.3 is 0 Å². The molecule has 0 aliphatic carbocycles. The molecule has 0 fully saturated rings. The van der Waals surface area contributed by atoms with Crippen LogP contribution in [0.15, 0.2) is 18.2 Å². The van der Waals surface area contributed by atoms with Gasteiger partial charge in [0.25, 0.3) is 0 Å². The predicted octanol–water partition coefficient (Wildman–Crippen LogP) is 2.47. The average molecular weight is 316 g/mol. The van der Waals surface area contributed by atoms with Crippen LogP contribution < -0.4 is 4.72 Å². The Hall–Kier alpha value is -1.22. The fourth-order valence-corrected chi connectivity index (χ4v) is 3.01. The molecule has 0 aliphatic rings. The molecule has 0 atom stereocenters. The van der Waals surface area contributed by atoms with Crippen molar-refractivity contribution in [2.75, 3.05) is 17.1 Å². The van der Waals surface area contributed by atoms with Crippen LogP contribution in [0.25, 0.3) is 0 Å². The zero-order chi connectivity index (χ0) is 15.2. The van der Waals surface area contributed by atoms with Crippen molar-refractivity contribution in [3.8, 4) is 11.8 Å².